The summed E-state index contributed by atoms with van der Waals surface area (Å²) >= 11 is 0. The van der Waals surface area contributed by atoms with Crippen LogP contribution < -0.4 is 14.9 Å². The fraction of sp³-hybridized carbons (Fsp3) is 0.333. The van der Waals surface area contributed by atoms with Crippen LogP contribution in [0, 0.1) is 6.92 Å². The number of benzene rings is 2. The second-order valence-electron chi connectivity index (χ2n) is 5.08. The minimum absolute atomic E-state index is 0.0223. The first kappa shape index (κ1) is 14.7. The van der Waals surface area contributed by atoms with Crippen LogP contribution >= 0.6 is 0 Å². The Bertz CT molecular complexity index is 623. The van der Waals surface area contributed by atoms with E-state index in [0.717, 1.165) is 16.3 Å². The molecule has 20 heavy (non-hydrogen) atoms. The summed E-state index contributed by atoms with van der Waals surface area (Å²) in [5, 5.41) is 20.5. The second-order valence-corrected chi connectivity index (χ2v) is 5.08. The second kappa shape index (κ2) is 5.73. The molecule has 4 nitrogen and oxygen atoms in total. The van der Waals surface area contributed by atoms with Crippen molar-refractivity contribution >= 4 is 23.4 Å². The molecule has 0 fully saturated rings. The summed E-state index contributed by atoms with van der Waals surface area (Å²) in [6, 6.07) is 7.22. The molecule has 0 aromatic heterocycles. The van der Waals surface area contributed by atoms with Gasteiger partial charge in [-0.2, -0.15) is 0 Å². The Morgan fingerprint density at radius 1 is 1.10 bits per heavy atom. The molecule has 106 valence electrons. The van der Waals surface area contributed by atoms with E-state index in [9.17, 15) is 10.0 Å². The van der Waals surface area contributed by atoms with Gasteiger partial charge in [0, 0.05) is 0 Å². The maximum Gasteiger partial charge on any atom is 0.489 e. The van der Waals surface area contributed by atoms with Gasteiger partial charge in [0.2, 0.25) is 0 Å². The Labute approximate surface area is 119 Å². The number of methoxy groups -OCH3 is 1. The number of hydrogen-bond acceptors (Lipinski definition) is 4. The monoisotopic (exact) mass is 274 g/mol. The first-order valence-electron chi connectivity index (χ1n) is 6.58. The van der Waals surface area contributed by atoms with Gasteiger partial charge in [0.1, 0.15) is 11.5 Å². The lowest BCUT2D eigenvalue weighted by Crippen LogP contribution is -2.30. The molecule has 0 aliphatic rings. The molecule has 0 aliphatic heterocycles. The van der Waals surface area contributed by atoms with Crippen LogP contribution in [0.1, 0.15) is 19.4 Å². The summed E-state index contributed by atoms with van der Waals surface area (Å²) in [5.74, 6) is 1.34. The maximum atomic E-state index is 9.52. The van der Waals surface area contributed by atoms with E-state index >= 15 is 0 Å². The van der Waals surface area contributed by atoms with Crippen LogP contribution in [0.4, 0.5) is 0 Å². The zero-order chi connectivity index (χ0) is 14.9. The van der Waals surface area contributed by atoms with Crippen LogP contribution in [0.3, 0.4) is 0 Å². The van der Waals surface area contributed by atoms with Crippen LogP contribution in [0.5, 0.6) is 11.5 Å². The highest BCUT2D eigenvalue weighted by Crippen LogP contribution is 2.34. The lowest BCUT2D eigenvalue weighted by molar-refractivity contribution is 0.245. The molecular formula is C15H19BO4. The molecule has 0 atom stereocenters. The van der Waals surface area contributed by atoms with E-state index in [1.54, 1.807) is 19.2 Å². The molecule has 0 bridgehead atoms. The fourth-order valence-corrected chi connectivity index (χ4v) is 2.31. The third-order valence-corrected chi connectivity index (χ3v) is 3.08. The zero-order valence-corrected chi connectivity index (χ0v) is 12.2. The van der Waals surface area contributed by atoms with Gasteiger partial charge < -0.3 is 19.5 Å². The normalized spacial score (nSPS) is 10.9. The Kier molecular flexibility index (Phi) is 4.21. The van der Waals surface area contributed by atoms with Crippen LogP contribution in [0.15, 0.2) is 24.3 Å². The van der Waals surface area contributed by atoms with Crippen LogP contribution in [0.2, 0.25) is 0 Å². The molecular weight excluding hydrogens is 255 g/mol. The van der Waals surface area contributed by atoms with Gasteiger partial charge in [-0.15, -0.1) is 0 Å². The summed E-state index contributed by atoms with van der Waals surface area (Å²) in [7, 11) is 0.0622. The molecule has 0 unspecified atom stereocenters. The van der Waals surface area contributed by atoms with E-state index in [-0.39, 0.29) is 6.10 Å². The molecule has 0 spiro atoms. The summed E-state index contributed by atoms with van der Waals surface area (Å²) in [6.45, 7) is 5.83. The van der Waals surface area contributed by atoms with Gasteiger partial charge in [-0.25, -0.2) is 0 Å². The van der Waals surface area contributed by atoms with Crippen molar-refractivity contribution in [3.63, 3.8) is 0 Å². The first-order valence-corrected chi connectivity index (χ1v) is 6.58. The Morgan fingerprint density at radius 2 is 1.80 bits per heavy atom. The van der Waals surface area contributed by atoms with E-state index in [4.69, 9.17) is 9.47 Å². The van der Waals surface area contributed by atoms with Crippen molar-refractivity contribution in [1.29, 1.82) is 0 Å². The van der Waals surface area contributed by atoms with Crippen molar-refractivity contribution in [3.8, 4) is 11.5 Å². The van der Waals surface area contributed by atoms with Crippen molar-refractivity contribution in [2.24, 2.45) is 0 Å². The van der Waals surface area contributed by atoms with Crippen LogP contribution in [-0.2, 0) is 0 Å². The molecule has 2 aromatic rings. The lowest BCUT2D eigenvalue weighted by Gasteiger charge is -2.17. The predicted molar refractivity (Wildman–Crippen MR) is 80.8 cm³/mol. The van der Waals surface area contributed by atoms with Crippen molar-refractivity contribution in [2.45, 2.75) is 26.9 Å². The molecule has 0 saturated heterocycles. The summed E-state index contributed by atoms with van der Waals surface area (Å²) in [5.41, 5.74) is 1.43. The molecule has 5 heteroatoms. The van der Waals surface area contributed by atoms with E-state index in [0.29, 0.717) is 17.0 Å². The first-order chi connectivity index (χ1) is 9.43. The van der Waals surface area contributed by atoms with Crippen molar-refractivity contribution in [3.05, 3.63) is 29.8 Å². The quantitative estimate of drug-likeness (QED) is 0.832. The van der Waals surface area contributed by atoms with Crippen molar-refractivity contribution in [2.75, 3.05) is 7.11 Å². The number of aryl methyl sites for hydroxylation is 1. The highest BCUT2D eigenvalue weighted by atomic mass is 16.5. The van der Waals surface area contributed by atoms with Gasteiger partial charge in [0.25, 0.3) is 0 Å². The Hall–Kier alpha value is -1.72. The van der Waals surface area contributed by atoms with Gasteiger partial charge in [0.15, 0.2) is 0 Å². The van der Waals surface area contributed by atoms with Gasteiger partial charge in [-0.1, -0.05) is 12.1 Å². The Morgan fingerprint density at radius 3 is 2.35 bits per heavy atom. The topological polar surface area (TPSA) is 58.9 Å². The van der Waals surface area contributed by atoms with Crippen LogP contribution in [0.25, 0.3) is 10.8 Å². The van der Waals surface area contributed by atoms with E-state index in [1.807, 2.05) is 32.9 Å². The molecule has 0 aliphatic carbocycles. The third-order valence-electron chi connectivity index (χ3n) is 3.08. The Balaban J connectivity index is 2.81. The molecule has 2 aromatic carbocycles. The van der Waals surface area contributed by atoms with Crippen molar-refractivity contribution in [1.82, 2.24) is 0 Å². The van der Waals surface area contributed by atoms with Gasteiger partial charge in [0.05, 0.1) is 18.6 Å². The summed E-state index contributed by atoms with van der Waals surface area (Å²) in [4.78, 5) is 0. The largest absolute Gasteiger partial charge is 0.496 e. The number of fused-ring (bicyclic) bond motifs is 1. The smallest absolute Gasteiger partial charge is 0.489 e. The minimum Gasteiger partial charge on any atom is -0.496 e. The molecule has 2 rings (SSSR count). The van der Waals surface area contributed by atoms with Crippen LogP contribution in [-0.4, -0.2) is 30.4 Å². The highest BCUT2D eigenvalue weighted by molar-refractivity contribution is 6.62. The number of rotatable bonds is 4. The lowest BCUT2D eigenvalue weighted by atomic mass is 9.76. The zero-order valence-electron chi connectivity index (χ0n) is 12.2. The molecule has 0 saturated carbocycles. The van der Waals surface area contributed by atoms with Gasteiger partial charge in [-0.3, -0.25) is 0 Å². The third kappa shape index (κ3) is 2.74. The number of ether oxygens (including phenoxy) is 2. The highest BCUT2D eigenvalue weighted by Gasteiger charge is 2.20. The van der Waals surface area contributed by atoms with E-state index < -0.39 is 7.12 Å². The summed E-state index contributed by atoms with van der Waals surface area (Å²) < 4.78 is 11.2. The van der Waals surface area contributed by atoms with E-state index in [1.165, 1.54) is 0 Å². The average molecular weight is 274 g/mol. The molecule has 0 radical (unpaired) electrons. The molecule has 2 N–H and O–H groups in total. The maximum absolute atomic E-state index is 9.52. The average Bonchev–Trinajstić information content (AvgIpc) is 2.36. The predicted octanol–water partition coefficient (Wildman–Crippen LogP) is 1.62. The van der Waals surface area contributed by atoms with Gasteiger partial charge in [-0.05, 0) is 49.3 Å². The summed E-state index contributed by atoms with van der Waals surface area (Å²) in [6.07, 6.45) is 0.0223. The standard InChI is InChI=1S/C15H19BO4/c1-9(2)20-13-6-5-12(16(17)18)11-7-10(3)8-14(19-4)15(11)13/h5-9,17-18H,1-4H3. The minimum atomic E-state index is -1.53. The number of hydrogen-bond donors (Lipinski definition) is 2. The molecule has 0 heterocycles. The fourth-order valence-electron chi connectivity index (χ4n) is 2.31. The van der Waals surface area contributed by atoms with E-state index in [2.05, 4.69) is 0 Å². The molecule has 0 amide bonds. The van der Waals surface area contributed by atoms with Crippen molar-refractivity contribution < 1.29 is 19.5 Å². The van der Waals surface area contributed by atoms with Gasteiger partial charge >= 0.3 is 7.12 Å². The SMILES string of the molecule is COc1cc(C)cc2c(B(O)O)ccc(OC(C)C)c12.